The molecular weight excluding hydrogens is 461 g/mol. The molecule has 6 nitrogen and oxygen atoms in total. The van der Waals surface area contributed by atoms with Gasteiger partial charge in [-0.1, -0.05) is 49.2 Å². The lowest BCUT2D eigenvalue weighted by molar-refractivity contribution is -0.0831. The van der Waals surface area contributed by atoms with E-state index >= 15 is 0 Å². The second kappa shape index (κ2) is 12.9. The summed E-state index contributed by atoms with van der Waals surface area (Å²) in [6.45, 7) is 0.793. The molecule has 1 aromatic heterocycles. The quantitative estimate of drug-likeness (QED) is 0.225. The van der Waals surface area contributed by atoms with Gasteiger partial charge < -0.3 is 24.7 Å². The predicted octanol–water partition coefficient (Wildman–Crippen LogP) is 4.69. The van der Waals surface area contributed by atoms with E-state index in [4.69, 9.17) is 9.26 Å². The number of aliphatic hydroxyl groups excluding tert-OH is 1. The summed E-state index contributed by atoms with van der Waals surface area (Å²) in [6, 6.07) is 14.3. The average Bonchev–Trinajstić information content (AvgIpc) is 2.84. The van der Waals surface area contributed by atoms with E-state index in [0.29, 0.717) is 30.0 Å². The third-order valence-corrected chi connectivity index (χ3v) is 5.84. The molecule has 0 amide bonds. The first-order chi connectivity index (χ1) is 16.4. The van der Waals surface area contributed by atoms with Gasteiger partial charge >= 0.3 is 0 Å². The van der Waals surface area contributed by atoms with E-state index in [1.54, 1.807) is 36.4 Å². The Hall–Kier alpha value is -2.38. The van der Waals surface area contributed by atoms with Gasteiger partial charge in [-0.05, 0) is 37.1 Å². The van der Waals surface area contributed by atoms with Crippen LogP contribution in [0.1, 0.15) is 42.9 Å². The molecule has 0 saturated heterocycles. The minimum Gasteiger partial charge on any atom is -0.478 e. The second-order valence-corrected chi connectivity index (χ2v) is 8.37. The fraction of sp³-hybridized carbons (Fsp3) is 0.400. The van der Waals surface area contributed by atoms with Crippen LogP contribution in [0.3, 0.4) is 0 Å². The number of fused-ring (bicyclic) bond motifs is 1. The first-order valence-electron chi connectivity index (χ1n) is 11.3. The van der Waals surface area contributed by atoms with Crippen LogP contribution in [0.2, 0.25) is 0 Å². The standard InChI is InChI=1S/C25H31F2N2O4P/c26-25(27,18-8-4-3-5-9-18)17-32-15-7-2-1-6-14-28-16-21(30)19-10-12-22(33-34)24-20(19)11-13-23(31)29-24/h3-5,8-13,21,28,30H,1-2,6-7,14-17,34H2,(H,29,31). The zero-order chi connectivity index (χ0) is 24.4. The molecule has 0 bridgehead atoms. The molecule has 3 rings (SSSR count). The van der Waals surface area contributed by atoms with Crippen molar-refractivity contribution in [2.75, 3.05) is 26.3 Å². The van der Waals surface area contributed by atoms with Crippen LogP contribution in [0, 0.1) is 0 Å². The van der Waals surface area contributed by atoms with Gasteiger partial charge in [-0.3, -0.25) is 4.79 Å². The van der Waals surface area contributed by atoms with Gasteiger partial charge in [0.05, 0.1) is 21.1 Å². The summed E-state index contributed by atoms with van der Waals surface area (Å²) < 4.78 is 38.5. The maximum atomic E-state index is 14.0. The smallest absolute Gasteiger partial charge is 0.296 e. The van der Waals surface area contributed by atoms with Crippen molar-refractivity contribution >= 4 is 20.4 Å². The Morgan fingerprint density at radius 3 is 2.56 bits per heavy atom. The highest BCUT2D eigenvalue weighted by Gasteiger charge is 2.31. The summed E-state index contributed by atoms with van der Waals surface area (Å²) in [4.78, 5) is 14.4. The highest BCUT2D eigenvalue weighted by molar-refractivity contribution is 7.10. The fourth-order valence-electron chi connectivity index (χ4n) is 3.76. The van der Waals surface area contributed by atoms with E-state index in [9.17, 15) is 18.7 Å². The van der Waals surface area contributed by atoms with Crippen LogP contribution in [0.5, 0.6) is 5.75 Å². The van der Waals surface area contributed by atoms with Gasteiger partial charge in [-0.2, -0.15) is 8.78 Å². The summed E-state index contributed by atoms with van der Waals surface area (Å²) in [5.74, 6) is -2.47. The van der Waals surface area contributed by atoms with Crippen LogP contribution in [-0.4, -0.2) is 36.4 Å². The van der Waals surface area contributed by atoms with Gasteiger partial charge in [-0.15, -0.1) is 0 Å². The number of halogens is 2. The number of aromatic nitrogens is 1. The van der Waals surface area contributed by atoms with E-state index in [1.165, 1.54) is 18.2 Å². The van der Waals surface area contributed by atoms with Crippen LogP contribution >= 0.6 is 9.47 Å². The van der Waals surface area contributed by atoms with Crippen molar-refractivity contribution in [2.45, 2.75) is 37.7 Å². The Kier molecular flexibility index (Phi) is 9.96. The van der Waals surface area contributed by atoms with Crippen LogP contribution in [0.4, 0.5) is 8.78 Å². The molecule has 0 aliphatic carbocycles. The van der Waals surface area contributed by atoms with Gasteiger partial charge in [0, 0.05) is 30.2 Å². The second-order valence-electron chi connectivity index (χ2n) is 8.14. The molecule has 0 radical (unpaired) electrons. The topological polar surface area (TPSA) is 83.6 Å². The molecular formula is C25H31F2N2O4P. The van der Waals surface area contributed by atoms with Crippen LogP contribution < -0.4 is 15.4 Å². The molecule has 0 aliphatic heterocycles. The highest BCUT2D eigenvalue weighted by Crippen LogP contribution is 2.30. The number of hydrogen-bond acceptors (Lipinski definition) is 5. The SMILES string of the molecule is O=c1ccc2c(C(O)CNCCCCCCOCC(F)(F)c3ccccc3)ccc(OP)c2[nH]1. The predicted molar refractivity (Wildman–Crippen MR) is 132 cm³/mol. The maximum absolute atomic E-state index is 14.0. The third-order valence-electron chi connectivity index (χ3n) is 5.59. The Bertz CT molecular complexity index is 1100. The number of rotatable bonds is 14. The summed E-state index contributed by atoms with van der Waals surface area (Å²) >= 11 is 0. The van der Waals surface area contributed by atoms with E-state index in [0.717, 1.165) is 37.6 Å². The van der Waals surface area contributed by atoms with E-state index in [-0.39, 0.29) is 11.1 Å². The molecule has 2 aromatic carbocycles. The Labute approximate surface area is 200 Å². The number of aromatic amines is 1. The summed E-state index contributed by atoms with van der Waals surface area (Å²) in [7, 11) is 2.15. The largest absolute Gasteiger partial charge is 0.478 e. The Morgan fingerprint density at radius 2 is 1.79 bits per heavy atom. The van der Waals surface area contributed by atoms with Crippen molar-refractivity contribution in [3.8, 4) is 5.75 Å². The van der Waals surface area contributed by atoms with Crippen molar-refractivity contribution < 1.29 is 23.1 Å². The monoisotopic (exact) mass is 492 g/mol. The molecule has 0 saturated carbocycles. The third kappa shape index (κ3) is 7.31. The van der Waals surface area contributed by atoms with E-state index in [1.807, 2.05) is 0 Å². The number of unbranched alkanes of at least 4 members (excludes halogenated alkanes) is 3. The average molecular weight is 493 g/mol. The number of benzene rings is 2. The van der Waals surface area contributed by atoms with Gasteiger partial charge in [0.25, 0.3) is 5.92 Å². The first-order valence-corrected chi connectivity index (χ1v) is 11.8. The number of hydrogen-bond donors (Lipinski definition) is 3. The normalized spacial score (nSPS) is 12.7. The molecule has 34 heavy (non-hydrogen) atoms. The van der Waals surface area contributed by atoms with Crippen LogP contribution in [-0.2, 0) is 10.7 Å². The van der Waals surface area contributed by atoms with Crippen molar-refractivity contribution in [3.63, 3.8) is 0 Å². The Morgan fingerprint density at radius 1 is 1.03 bits per heavy atom. The van der Waals surface area contributed by atoms with Gasteiger partial charge in [0.2, 0.25) is 5.56 Å². The number of nitrogens with one attached hydrogen (secondary N) is 2. The van der Waals surface area contributed by atoms with Crippen molar-refractivity contribution in [1.29, 1.82) is 0 Å². The lowest BCUT2D eigenvalue weighted by atomic mass is 10.0. The molecule has 3 N–H and O–H groups in total. The zero-order valence-electron chi connectivity index (χ0n) is 18.9. The molecule has 2 unspecified atom stereocenters. The number of H-pyrrole nitrogens is 1. The molecule has 184 valence electrons. The number of aliphatic hydroxyl groups is 1. The van der Waals surface area contributed by atoms with Crippen molar-refractivity contribution in [1.82, 2.24) is 10.3 Å². The molecule has 3 aromatic rings. The van der Waals surface area contributed by atoms with Gasteiger partial charge in [0.1, 0.15) is 12.4 Å². The maximum Gasteiger partial charge on any atom is 0.296 e. The van der Waals surface area contributed by atoms with E-state index in [2.05, 4.69) is 19.8 Å². The lowest BCUT2D eigenvalue weighted by Gasteiger charge is -2.17. The first kappa shape index (κ1) is 26.2. The van der Waals surface area contributed by atoms with Crippen molar-refractivity contribution in [2.24, 2.45) is 0 Å². The number of ether oxygens (including phenoxy) is 1. The highest BCUT2D eigenvalue weighted by atomic mass is 31.0. The zero-order valence-corrected chi connectivity index (χ0v) is 20.1. The van der Waals surface area contributed by atoms with Crippen LogP contribution in [0.15, 0.2) is 59.4 Å². The Balaban J connectivity index is 1.31. The van der Waals surface area contributed by atoms with Crippen LogP contribution in [0.25, 0.3) is 10.9 Å². The lowest BCUT2D eigenvalue weighted by Crippen LogP contribution is -2.23. The molecule has 0 spiro atoms. The summed E-state index contributed by atoms with van der Waals surface area (Å²) in [5.41, 5.74) is 0.978. The minimum atomic E-state index is -2.98. The molecule has 1 heterocycles. The van der Waals surface area contributed by atoms with E-state index < -0.39 is 18.6 Å². The number of alkyl halides is 2. The molecule has 0 aliphatic rings. The number of pyridine rings is 1. The molecule has 0 fully saturated rings. The summed E-state index contributed by atoms with van der Waals surface area (Å²) in [5, 5.41) is 14.6. The molecule has 2 atom stereocenters. The van der Waals surface area contributed by atoms with Gasteiger partial charge in [-0.25, -0.2) is 0 Å². The van der Waals surface area contributed by atoms with Crippen molar-refractivity contribution in [3.05, 3.63) is 76.1 Å². The van der Waals surface area contributed by atoms with Gasteiger partial charge in [0.15, 0.2) is 0 Å². The summed E-state index contributed by atoms with van der Waals surface area (Å²) in [6.07, 6.45) is 2.70. The fourth-order valence-corrected chi connectivity index (χ4v) is 3.96. The minimum absolute atomic E-state index is 0.0295. The molecule has 9 heteroatoms.